The molecule has 0 spiro atoms. The number of halogens is 3. The van der Waals surface area contributed by atoms with E-state index in [0.717, 1.165) is 17.8 Å². The minimum absolute atomic E-state index is 0.228. The molecule has 12 heteroatoms. The highest BCUT2D eigenvalue weighted by Gasteiger charge is 2.42. The first kappa shape index (κ1) is 22.1. The number of nitro groups is 1. The van der Waals surface area contributed by atoms with Gasteiger partial charge in [0.1, 0.15) is 17.5 Å². The molecule has 2 aliphatic heterocycles. The number of hydrogen-bond donors (Lipinski definition) is 0. The van der Waals surface area contributed by atoms with Crippen molar-refractivity contribution in [2.24, 2.45) is 0 Å². The molecule has 1 aromatic carbocycles. The molecule has 34 heavy (non-hydrogen) atoms. The molecule has 0 saturated carbocycles. The van der Waals surface area contributed by atoms with E-state index >= 15 is 0 Å². The van der Waals surface area contributed by atoms with Crippen molar-refractivity contribution in [2.75, 3.05) is 13.1 Å². The van der Waals surface area contributed by atoms with E-state index in [2.05, 4.69) is 14.6 Å². The fourth-order valence-electron chi connectivity index (χ4n) is 4.43. The Balaban J connectivity index is 1.24. The molecule has 0 bridgehead atoms. The molecule has 0 unspecified atom stereocenters. The van der Waals surface area contributed by atoms with Gasteiger partial charge in [-0.1, -0.05) is 6.07 Å². The zero-order valence-electron chi connectivity index (χ0n) is 18.1. The lowest BCUT2D eigenvalue weighted by Crippen LogP contribution is -2.46. The highest BCUT2D eigenvalue weighted by molar-refractivity contribution is 5.60. The predicted molar refractivity (Wildman–Crippen MR) is 113 cm³/mol. The Hall–Kier alpha value is -3.67. The van der Waals surface area contributed by atoms with Crippen LogP contribution in [0.15, 0.2) is 42.6 Å². The Bertz CT molecular complexity index is 1220. The fourth-order valence-corrected chi connectivity index (χ4v) is 4.43. The van der Waals surface area contributed by atoms with Crippen LogP contribution in [0, 0.1) is 10.1 Å². The van der Waals surface area contributed by atoms with Crippen LogP contribution in [0.5, 0.6) is 11.8 Å². The Kier molecular flexibility index (Phi) is 5.19. The number of rotatable bonds is 5. The molecule has 5 rings (SSSR count). The molecule has 3 aromatic rings. The second-order valence-corrected chi connectivity index (χ2v) is 8.65. The first-order valence-corrected chi connectivity index (χ1v) is 10.5. The van der Waals surface area contributed by atoms with Crippen LogP contribution >= 0.6 is 0 Å². The molecule has 9 nitrogen and oxygen atoms in total. The summed E-state index contributed by atoms with van der Waals surface area (Å²) in [5.41, 5.74) is 2.86. The smallest absolute Gasteiger partial charge is 0.436 e. The molecule has 178 valence electrons. The van der Waals surface area contributed by atoms with Crippen LogP contribution in [0.25, 0.3) is 11.3 Å². The standard InChI is InChI=1S/C22H20F3N5O4/c1-21(13-29-11-19(30(31)32)27-20(29)34-21)12-28-9-8-18-15(10-28)4-7-17(26-18)14-2-5-16(6-3-14)33-22(23,24)25/h2-7,11H,8-10,12-13H2,1H3/t21-/m0/s1. The molecule has 0 fully saturated rings. The number of alkyl halides is 3. The zero-order chi connectivity index (χ0) is 24.1. The molecule has 1 atom stereocenters. The van der Waals surface area contributed by atoms with E-state index in [9.17, 15) is 23.3 Å². The van der Waals surface area contributed by atoms with Crippen molar-refractivity contribution in [1.29, 1.82) is 0 Å². The van der Waals surface area contributed by atoms with E-state index in [-0.39, 0.29) is 17.6 Å². The van der Waals surface area contributed by atoms with Gasteiger partial charge >= 0.3 is 18.2 Å². The van der Waals surface area contributed by atoms with Crippen molar-refractivity contribution in [3.8, 4) is 23.0 Å². The van der Waals surface area contributed by atoms with Gasteiger partial charge in [0, 0.05) is 42.3 Å². The van der Waals surface area contributed by atoms with Crippen LogP contribution in [0.1, 0.15) is 18.2 Å². The van der Waals surface area contributed by atoms with Gasteiger partial charge < -0.3 is 19.6 Å². The molecule has 2 aliphatic rings. The lowest BCUT2D eigenvalue weighted by Gasteiger charge is -2.34. The summed E-state index contributed by atoms with van der Waals surface area (Å²) in [6.45, 7) is 4.46. The van der Waals surface area contributed by atoms with Gasteiger partial charge in [0.05, 0.1) is 12.2 Å². The van der Waals surface area contributed by atoms with Gasteiger partial charge in [-0.2, -0.15) is 0 Å². The summed E-state index contributed by atoms with van der Waals surface area (Å²) in [7, 11) is 0. The van der Waals surface area contributed by atoms with Crippen LogP contribution in [0.3, 0.4) is 0 Å². The van der Waals surface area contributed by atoms with E-state index < -0.39 is 16.9 Å². The molecule has 0 N–H and O–H groups in total. The van der Waals surface area contributed by atoms with Crippen LogP contribution in [0.4, 0.5) is 19.0 Å². The van der Waals surface area contributed by atoms with Crippen molar-refractivity contribution in [3.05, 3.63) is 64.0 Å². The van der Waals surface area contributed by atoms with E-state index in [0.29, 0.717) is 37.3 Å². The third kappa shape index (κ3) is 4.53. The number of aromatic nitrogens is 3. The summed E-state index contributed by atoms with van der Waals surface area (Å²) in [5, 5.41) is 10.9. The molecule has 0 aliphatic carbocycles. The van der Waals surface area contributed by atoms with E-state index in [4.69, 9.17) is 9.72 Å². The van der Waals surface area contributed by atoms with Gasteiger partial charge in [0.2, 0.25) is 0 Å². The molecule has 4 heterocycles. The summed E-state index contributed by atoms with van der Waals surface area (Å²) in [5.74, 6) is -0.502. The lowest BCUT2D eigenvalue weighted by molar-refractivity contribution is -0.389. The number of pyridine rings is 1. The van der Waals surface area contributed by atoms with Crippen molar-refractivity contribution < 1.29 is 27.6 Å². The molecule has 0 amide bonds. The Labute approximate surface area is 191 Å². The second-order valence-electron chi connectivity index (χ2n) is 8.65. The third-order valence-electron chi connectivity index (χ3n) is 5.83. The average molecular weight is 475 g/mol. The van der Waals surface area contributed by atoms with Crippen LogP contribution in [-0.2, 0) is 19.5 Å². The van der Waals surface area contributed by atoms with Crippen LogP contribution in [0.2, 0.25) is 0 Å². The minimum Gasteiger partial charge on any atom is -0.436 e. The molecule has 0 radical (unpaired) electrons. The number of imidazole rings is 1. The lowest BCUT2D eigenvalue weighted by atomic mass is 10.0. The number of ether oxygens (including phenoxy) is 2. The van der Waals surface area contributed by atoms with Gasteiger partial charge in [0.25, 0.3) is 0 Å². The van der Waals surface area contributed by atoms with Crippen molar-refractivity contribution >= 4 is 5.82 Å². The summed E-state index contributed by atoms with van der Waals surface area (Å²) >= 11 is 0. The summed E-state index contributed by atoms with van der Waals surface area (Å²) in [4.78, 5) is 21.2. The maximum Gasteiger partial charge on any atom is 0.573 e. The number of fused-ring (bicyclic) bond motifs is 2. The average Bonchev–Trinajstić information content (AvgIpc) is 3.28. The van der Waals surface area contributed by atoms with Gasteiger partial charge in [0.15, 0.2) is 0 Å². The monoisotopic (exact) mass is 475 g/mol. The quantitative estimate of drug-likeness (QED) is 0.407. The molecule has 0 saturated heterocycles. The summed E-state index contributed by atoms with van der Waals surface area (Å²) in [6, 6.07) is 9.74. The SMILES string of the molecule is C[C@]1(CN2CCc3nc(-c4ccc(OC(F)(F)F)cc4)ccc3C2)Cn2cc([N+](=O)[O-])nc2O1. The number of nitrogens with zero attached hydrogens (tertiary/aromatic N) is 5. The molecule has 2 aromatic heterocycles. The molecular weight excluding hydrogens is 455 g/mol. The summed E-state index contributed by atoms with van der Waals surface area (Å²) < 4.78 is 48.6. The number of benzene rings is 1. The van der Waals surface area contributed by atoms with E-state index in [1.165, 1.54) is 18.3 Å². The maximum absolute atomic E-state index is 12.4. The van der Waals surface area contributed by atoms with Gasteiger partial charge in [-0.15, -0.1) is 13.2 Å². The van der Waals surface area contributed by atoms with Crippen LogP contribution < -0.4 is 9.47 Å². The van der Waals surface area contributed by atoms with Gasteiger partial charge in [-0.05, 0) is 47.7 Å². The Morgan fingerprint density at radius 2 is 1.97 bits per heavy atom. The largest absolute Gasteiger partial charge is 0.573 e. The zero-order valence-corrected chi connectivity index (χ0v) is 18.1. The number of hydrogen-bond acceptors (Lipinski definition) is 7. The molecular formula is C22H20F3N5O4. The van der Waals surface area contributed by atoms with E-state index in [1.54, 1.807) is 16.7 Å². The maximum atomic E-state index is 12.4. The third-order valence-corrected chi connectivity index (χ3v) is 5.83. The van der Waals surface area contributed by atoms with Crippen molar-refractivity contribution in [1.82, 2.24) is 19.4 Å². The normalized spacial score (nSPS) is 19.9. The first-order chi connectivity index (χ1) is 16.1. The van der Waals surface area contributed by atoms with Crippen molar-refractivity contribution in [3.63, 3.8) is 0 Å². The minimum atomic E-state index is -4.73. The fraction of sp³-hybridized carbons (Fsp3) is 0.364. The Morgan fingerprint density at radius 3 is 2.65 bits per heavy atom. The highest BCUT2D eigenvalue weighted by Crippen LogP contribution is 2.33. The van der Waals surface area contributed by atoms with Gasteiger partial charge in [-0.3, -0.25) is 14.5 Å². The van der Waals surface area contributed by atoms with Crippen LogP contribution in [-0.4, -0.2) is 49.4 Å². The Morgan fingerprint density at radius 1 is 1.21 bits per heavy atom. The van der Waals surface area contributed by atoms with Crippen molar-refractivity contribution in [2.45, 2.75) is 38.4 Å². The van der Waals surface area contributed by atoms with E-state index in [1.807, 2.05) is 19.1 Å². The second kappa shape index (κ2) is 7.97. The summed E-state index contributed by atoms with van der Waals surface area (Å²) in [6.07, 6.45) is -2.62. The van der Waals surface area contributed by atoms with Gasteiger partial charge in [-0.25, -0.2) is 0 Å². The first-order valence-electron chi connectivity index (χ1n) is 10.5. The topological polar surface area (TPSA) is 95.6 Å². The predicted octanol–water partition coefficient (Wildman–Crippen LogP) is 3.96. The highest BCUT2D eigenvalue weighted by atomic mass is 19.4.